The van der Waals surface area contributed by atoms with Crippen LogP contribution in [-0.4, -0.2) is 41.2 Å². The summed E-state index contributed by atoms with van der Waals surface area (Å²) in [6, 6.07) is 17.1. The van der Waals surface area contributed by atoms with Crippen LogP contribution in [-0.2, 0) is 21.4 Å². The molecular formula is C23H20N6O5S. The number of hydrogen-bond acceptors (Lipinski definition) is 8. The molecule has 2 aromatic carbocycles. The van der Waals surface area contributed by atoms with E-state index in [2.05, 4.69) is 25.1 Å². The second-order valence-corrected chi connectivity index (χ2v) is 8.88. The number of nitrogens with one attached hydrogen (secondary N) is 2. The van der Waals surface area contributed by atoms with Crippen molar-refractivity contribution in [2.24, 2.45) is 0 Å². The molecule has 2 heterocycles. The molecule has 11 nitrogen and oxygen atoms in total. The van der Waals surface area contributed by atoms with Gasteiger partial charge in [0.05, 0.1) is 17.7 Å². The number of rotatable bonds is 8. The van der Waals surface area contributed by atoms with E-state index in [-0.39, 0.29) is 17.4 Å². The summed E-state index contributed by atoms with van der Waals surface area (Å²) in [5.41, 5.74) is 1.13. The van der Waals surface area contributed by atoms with Gasteiger partial charge in [0, 0.05) is 29.7 Å². The first kappa shape index (κ1) is 23.6. The lowest BCUT2D eigenvalue weighted by Gasteiger charge is -2.10. The molecular weight excluding hydrogens is 472 g/mol. The molecule has 4 rings (SSSR count). The van der Waals surface area contributed by atoms with E-state index in [0.29, 0.717) is 17.1 Å². The number of nitrogens with zero attached hydrogens (tertiary/aromatic N) is 4. The zero-order valence-electron chi connectivity index (χ0n) is 18.5. The lowest BCUT2D eigenvalue weighted by molar-refractivity contribution is -0.117. The average Bonchev–Trinajstić information content (AvgIpc) is 2.86. The van der Waals surface area contributed by atoms with Gasteiger partial charge < -0.3 is 10.1 Å². The Morgan fingerprint density at radius 1 is 1.00 bits per heavy atom. The van der Waals surface area contributed by atoms with Crippen LogP contribution in [0, 0.1) is 0 Å². The molecule has 0 spiro atoms. The number of aromatic nitrogens is 4. The number of ether oxygens (including phenoxy) is 1. The van der Waals surface area contributed by atoms with Crippen molar-refractivity contribution in [2.75, 3.05) is 17.1 Å². The predicted molar refractivity (Wildman–Crippen MR) is 128 cm³/mol. The summed E-state index contributed by atoms with van der Waals surface area (Å²) in [4.78, 5) is 32.4. The maximum Gasteiger partial charge on any atom is 0.267 e. The number of carbonyl (C=O) groups excluding carboxylic acids is 1. The van der Waals surface area contributed by atoms with Crippen molar-refractivity contribution in [1.29, 1.82) is 0 Å². The van der Waals surface area contributed by atoms with Gasteiger partial charge in [-0.3, -0.25) is 9.59 Å². The number of amides is 1. The molecule has 178 valence electrons. The molecule has 2 aromatic heterocycles. The van der Waals surface area contributed by atoms with E-state index < -0.39 is 21.5 Å². The highest BCUT2D eigenvalue weighted by molar-refractivity contribution is 7.92. The first-order chi connectivity index (χ1) is 16.8. The minimum absolute atomic E-state index is 0.0353. The van der Waals surface area contributed by atoms with E-state index in [1.54, 1.807) is 37.4 Å². The normalized spacial score (nSPS) is 11.0. The quantitative estimate of drug-likeness (QED) is 0.381. The molecule has 0 saturated carbocycles. The van der Waals surface area contributed by atoms with E-state index in [1.165, 1.54) is 42.7 Å². The minimum atomic E-state index is -3.90. The fraction of sp³-hybridized carbons (Fsp3) is 0.0870. The van der Waals surface area contributed by atoms with Gasteiger partial charge in [0.1, 0.15) is 12.3 Å². The van der Waals surface area contributed by atoms with Crippen molar-refractivity contribution < 1.29 is 17.9 Å². The Balaban J connectivity index is 1.44. The highest BCUT2D eigenvalue weighted by Gasteiger charge is 2.16. The van der Waals surface area contributed by atoms with E-state index in [4.69, 9.17) is 4.74 Å². The van der Waals surface area contributed by atoms with Gasteiger partial charge in [0.15, 0.2) is 0 Å². The molecule has 0 aliphatic carbocycles. The highest BCUT2D eigenvalue weighted by atomic mass is 32.2. The van der Waals surface area contributed by atoms with Crippen molar-refractivity contribution >= 4 is 27.6 Å². The fourth-order valence-electron chi connectivity index (χ4n) is 3.08. The molecule has 0 atom stereocenters. The predicted octanol–water partition coefficient (Wildman–Crippen LogP) is 2.15. The Morgan fingerprint density at radius 2 is 1.74 bits per heavy atom. The number of sulfonamides is 1. The van der Waals surface area contributed by atoms with Gasteiger partial charge >= 0.3 is 0 Å². The summed E-state index contributed by atoms with van der Waals surface area (Å²) >= 11 is 0. The molecule has 0 aliphatic rings. The maximum absolute atomic E-state index is 12.5. The second kappa shape index (κ2) is 10.1. The third kappa shape index (κ3) is 5.86. The maximum atomic E-state index is 12.5. The molecule has 35 heavy (non-hydrogen) atoms. The summed E-state index contributed by atoms with van der Waals surface area (Å²) in [7, 11) is -2.35. The van der Waals surface area contributed by atoms with E-state index >= 15 is 0 Å². The number of hydrogen-bond donors (Lipinski definition) is 2. The van der Waals surface area contributed by atoms with Crippen molar-refractivity contribution in [3.8, 4) is 17.0 Å². The summed E-state index contributed by atoms with van der Waals surface area (Å²) in [6.07, 6.45) is 2.83. The van der Waals surface area contributed by atoms with Crippen molar-refractivity contribution in [1.82, 2.24) is 19.7 Å². The largest absolute Gasteiger partial charge is 0.497 e. The van der Waals surface area contributed by atoms with Crippen LogP contribution in [0.3, 0.4) is 0 Å². The molecule has 2 N–H and O–H groups in total. The monoisotopic (exact) mass is 492 g/mol. The van der Waals surface area contributed by atoms with Gasteiger partial charge in [-0.25, -0.2) is 27.8 Å². The van der Waals surface area contributed by atoms with Crippen LogP contribution in [0.25, 0.3) is 11.3 Å². The molecule has 0 aliphatic heterocycles. The first-order valence-electron chi connectivity index (χ1n) is 10.3. The second-order valence-electron chi connectivity index (χ2n) is 7.20. The smallest absolute Gasteiger partial charge is 0.267 e. The van der Waals surface area contributed by atoms with Crippen LogP contribution in [0.2, 0.25) is 0 Å². The molecule has 4 aromatic rings. The SMILES string of the molecule is COc1cccc(-c2ccc(=O)n(CC(=O)Nc3ccc(S(=O)(=O)Nc4ncccn4)cc3)n2)c1. The van der Waals surface area contributed by atoms with E-state index in [9.17, 15) is 18.0 Å². The number of carbonyl (C=O) groups is 1. The summed E-state index contributed by atoms with van der Waals surface area (Å²) < 4.78 is 33.5. The van der Waals surface area contributed by atoms with Crippen molar-refractivity contribution in [3.63, 3.8) is 0 Å². The number of methoxy groups -OCH3 is 1. The molecule has 0 saturated heterocycles. The summed E-state index contributed by atoms with van der Waals surface area (Å²) in [5.74, 6) is 0.0737. The van der Waals surface area contributed by atoms with Gasteiger partial charge in [-0.1, -0.05) is 12.1 Å². The number of benzene rings is 2. The third-order valence-electron chi connectivity index (χ3n) is 4.77. The van der Waals surface area contributed by atoms with Crippen LogP contribution >= 0.6 is 0 Å². The fourth-order valence-corrected chi connectivity index (χ4v) is 4.04. The first-order valence-corrected chi connectivity index (χ1v) is 11.7. The topological polar surface area (TPSA) is 145 Å². The van der Waals surface area contributed by atoms with Crippen LogP contribution in [0.4, 0.5) is 11.6 Å². The molecule has 1 amide bonds. The standard InChI is InChI=1S/C23H20N6O5S/c1-34-18-5-2-4-16(14-18)20-10-11-22(31)29(27-20)15-21(30)26-17-6-8-19(9-7-17)35(32,33)28-23-24-12-3-13-25-23/h2-14H,15H2,1H3,(H,26,30)(H,24,25,28). The van der Waals surface area contributed by atoms with Crippen molar-refractivity contribution in [3.05, 3.63) is 89.5 Å². The van der Waals surface area contributed by atoms with E-state index in [0.717, 1.165) is 10.2 Å². The number of anilines is 2. The molecule has 12 heteroatoms. The van der Waals surface area contributed by atoms with Crippen molar-refractivity contribution in [2.45, 2.75) is 11.4 Å². The summed E-state index contributed by atoms with van der Waals surface area (Å²) in [5, 5.41) is 6.90. The highest BCUT2D eigenvalue weighted by Crippen LogP contribution is 2.21. The third-order valence-corrected chi connectivity index (χ3v) is 6.11. The Hall–Kier alpha value is -4.58. The van der Waals surface area contributed by atoms with Gasteiger partial charge in [0.2, 0.25) is 11.9 Å². The Labute approximate surface area is 200 Å². The summed E-state index contributed by atoms with van der Waals surface area (Å²) in [6.45, 7) is -0.330. The molecule has 0 radical (unpaired) electrons. The van der Waals surface area contributed by atoms with Gasteiger partial charge in [0.25, 0.3) is 15.6 Å². The Morgan fingerprint density at radius 3 is 2.46 bits per heavy atom. The Kier molecular flexibility index (Phi) is 6.83. The molecule has 0 fully saturated rings. The Bertz CT molecular complexity index is 1510. The van der Waals surface area contributed by atoms with Gasteiger partial charge in [-0.05, 0) is 48.5 Å². The lowest BCUT2D eigenvalue weighted by atomic mass is 10.1. The van der Waals surface area contributed by atoms with Gasteiger partial charge in [-0.2, -0.15) is 5.10 Å². The molecule has 0 unspecified atom stereocenters. The zero-order valence-corrected chi connectivity index (χ0v) is 19.3. The lowest BCUT2D eigenvalue weighted by Crippen LogP contribution is -2.29. The molecule has 0 bridgehead atoms. The van der Waals surface area contributed by atoms with Crippen LogP contribution in [0.1, 0.15) is 0 Å². The van der Waals surface area contributed by atoms with Crippen LogP contribution < -0.4 is 20.3 Å². The van der Waals surface area contributed by atoms with E-state index in [1.807, 2.05) is 6.07 Å². The average molecular weight is 493 g/mol. The van der Waals surface area contributed by atoms with Gasteiger partial charge in [-0.15, -0.1) is 0 Å². The minimum Gasteiger partial charge on any atom is -0.497 e. The zero-order chi connectivity index (χ0) is 24.8. The van der Waals surface area contributed by atoms with Crippen LogP contribution in [0.15, 0.2) is 88.8 Å². The van der Waals surface area contributed by atoms with Crippen LogP contribution in [0.5, 0.6) is 5.75 Å².